The quantitative estimate of drug-likeness (QED) is 0.669. The zero-order chi connectivity index (χ0) is 14.6. The molecule has 106 valence electrons. The lowest BCUT2D eigenvalue weighted by molar-refractivity contribution is -0.146. The summed E-state index contributed by atoms with van der Waals surface area (Å²) in [4.78, 5) is 1.18. The Balaban J connectivity index is 2.90. The third-order valence-electron chi connectivity index (χ3n) is 2.57. The third kappa shape index (κ3) is 5.12. The Hall–Kier alpha value is -1.21. The molecule has 0 radical (unpaired) electrons. The standard InChI is InChI=1S/C12H14F4N2S/c1-2-18(7-12(14,15)16)6-9-5-8(11(17)19)3-4-10(9)13/h3-5H,2,6-7H2,1H3,(H2,17,19). The van der Waals surface area contributed by atoms with E-state index in [1.165, 1.54) is 12.1 Å². The monoisotopic (exact) mass is 294 g/mol. The van der Waals surface area contributed by atoms with E-state index in [1.807, 2.05) is 0 Å². The van der Waals surface area contributed by atoms with Crippen molar-refractivity contribution in [2.24, 2.45) is 5.73 Å². The smallest absolute Gasteiger partial charge is 0.389 e. The molecule has 0 aliphatic carbocycles. The summed E-state index contributed by atoms with van der Waals surface area (Å²) in [7, 11) is 0. The van der Waals surface area contributed by atoms with Crippen molar-refractivity contribution in [3.8, 4) is 0 Å². The fraction of sp³-hybridized carbons (Fsp3) is 0.417. The number of nitrogens with two attached hydrogens (primary N) is 1. The van der Waals surface area contributed by atoms with Gasteiger partial charge in [0.15, 0.2) is 0 Å². The third-order valence-corrected chi connectivity index (χ3v) is 2.81. The van der Waals surface area contributed by atoms with Gasteiger partial charge in [0.25, 0.3) is 0 Å². The van der Waals surface area contributed by atoms with Gasteiger partial charge in [-0.2, -0.15) is 13.2 Å². The minimum atomic E-state index is -4.31. The number of hydrogen-bond acceptors (Lipinski definition) is 2. The van der Waals surface area contributed by atoms with E-state index in [1.54, 1.807) is 6.92 Å². The summed E-state index contributed by atoms with van der Waals surface area (Å²) in [6.07, 6.45) is -4.31. The highest BCUT2D eigenvalue weighted by Gasteiger charge is 2.30. The van der Waals surface area contributed by atoms with Crippen LogP contribution in [0.4, 0.5) is 17.6 Å². The molecule has 2 N–H and O–H groups in total. The van der Waals surface area contributed by atoms with Crippen molar-refractivity contribution in [3.05, 3.63) is 35.1 Å². The molecule has 1 aromatic carbocycles. The molecule has 0 fully saturated rings. The summed E-state index contributed by atoms with van der Waals surface area (Å²) in [5, 5.41) is 0. The predicted octanol–water partition coefficient (Wildman–Crippen LogP) is 2.84. The molecule has 2 nitrogen and oxygen atoms in total. The van der Waals surface area contributed by atoms with Crippen molar-refractivity contribution in [2.45, 2.75) is 19.6 Å². The molecular formula is C12H14F4N2S. The number of thiocarbonyl (C=S) groups is 1. The van der Waals surface area contributed by atoms with Gasteiger partial charge in [0.05, 0.1) is 6.54 Å². The highest BCUT2D eigenvalue weighted by molar-refractivity contribution is 7.80. The molecule has 0 saturated heterocycles. The topological polar surface area (TPSA) is 29.3 Å². The zero-order valence-corrected chi connectivity index (χ0v) is 11.1. The van der Waals surface area contributed by atoms with Gasteiger partial charge in [-0.3, -0.25) is 4.90 Å². The molecular weight excluding hydrogens is 280 g/mol. The molecule has 0 saturated carbocycles. The van der Waals surface area contributed by atoms with E-state index in [9.17, 15) is 17.6 Å². The SMILES string of the molecule is CCN(Cc1cc(C(N)=S)ccc1F)CC(F)(F)F. The normalized spacial score (nSPS) is 11.9. The Kier molecular flexibility index (Phi) is 5.25. The summed E-state index contributed by atoms with van der Waals surface area (Å²) < 4.78 is 50.6. The van der Waals surface area contributed by atoms with Crippen molar-refractivity contribution in [1.29, 1.82) is 0 Å². The van der Waals surface area contributed by atoms with Gasteiger partial charge in [-0.05, 0) is 24.7 Å². The van der Waals surface area contributed by atoms with Crippen molar-refractivity contribution in [2.75, 3.05) is 13.1 Å². The van der Waals surface area contributed by atoms with E-state index < -0.39 is 18.5 Å². The van der Waals surface area contributed by atoms with Crippen LogP contribution in [0.5, 0.6) is 0 Å². The van der Waals surface area contributed by atoms with E-state index in [0.717, 1.165) is 11.0 Å². The van der Waals surface area contributed by atoms with E-state index >= 15 is 0 Å². The van der Waals surface area contributed by atoms with Crippen LogP contribution in [-0.2, 0) is 6.54 Å². The fourth-order valence-corrected chi connectivity index (χ4v) is 1.75. The minimum Gasteiger partial charge on any atom is -0.389 e. The van der Waals surface area contributed by atoms with Crippen molar-refractivity contribution >= 4 is 17.2 Å². The van der Waals surface area contributed by atoms with E-state index in [0.29, 0.717) is 5.56 Å². The van der Waals surface area contributed by atoms with E-state index in [-0.39, 0.29) is 23.6 Å². The fourth-order valence-electron chi connectivity index (χ4n) is 1.62. The second kappa shape index (κ2) is 6.29. The molecule has 0 aliphatic heterocycles. The average molecular weight is 294 g/mol. The molecule has 7 heteroatoms. The van der Waals surface area contributed by atoms with Crippen LogP contribution in [-0.4, -0.2) is 29.2 Å². The molecule has 0 spiro atoms. The maximum atomic E-state index is 13.6. The number of rotatable bonds is 5. The average Bonchev–Trinajstić information content (AvgIpc) is 2.28. The second-order valence-electron chi connectivity index (χ2n) is 4.09. The van der Waals surface area contributed by atoms with Crippen LogP contribution in [0.1, 0.15) is 18.1 Å². The van der Waals surface area contributed by atoms with Gasteiger partial charge >= 0.3 is 6.18 Å². The van der Waals surface area contributed by atoms with E-state index in [2.05, 4.69) is 0 Å². The summed E-state index contributed by atoms with van der Waals surface area (Å²) in [5.41, 5.74) is 6.00. The lowest BCUT2D eigenvalue weighted by Gasteiger charge is -2.22. The first-order valence-corrected chi connectivity index (χ1v) is 6.01. The maximum Gasteiger partial charge on any atom is 0.401 e. The van der Waals surface area contributed by atoms with Gasteiger partial charge in [0.2, 0.25) is 0 Å². The molecule has 1 aromatic rings. The van der Waals surface area contributed by atoms with Crippen LogP contribution in [0.3, 0.4) is 0 Å². The Labute approximate surface area is 114 Å². The van der Waals surface area contributed by atoms with Crippen molar-refractivity contribution in [3.63, 3.8) is 0 Å². The van der Waals surface area contributed by atoms with Gasteiger partial charge < -0.3 is 5.73 Å². The number of alkyl halides is 3. The second-order valence-corrected chi connectivity index (χ2v) is 4.53. The molecule has 0 atom stereocenters. The lowest BCUT2D eigenvalue weighted by Crippen LogP contribution is -2.34. The zero-order valence-electron chi connectivity index (χ0n) is 10.3. The highest BCUT2D eigenvalue weighted by Crippen LogP contribution is 2.19. The molecule has 0 aliphatic rings. The summed E-state index contributed by atoms with van der Waals surface area (Å²) >= 11 is 4.76. The summed E-state index contributed by atoms with van der Waals surface area (Å²) in [6, 6.07) is 3.95. The molecule has 1 rings (SSSR count). The first-order chi connectivity index (χ1) is 8.73. The van der Waals surface area contributed by atoms with Crippen LogP contribution >= 0.6 is 12.2 Å². The molecule has 19 heavy (non-hydrogen) atoms. The Morgan fingerprint density at radius 1 is 1.37 bits per heavy atom. The molecule has 0 unspecified atom stereocenters. The Morgan fingerprint density at radius 3 is 2.47 bits per heavy atom. The Morgan fingerprint density at radius 2 is 2.00 bits per heavy atom. The van der Waals surface area contributed by atoms with Gasteiger partial charge in [0.1, 0.15) is 10.8 Å². The van der Waals surface area contributed by atoms with Gasteiger partial charge in [-0.25, -0.2) is 4.39 Å². The minimum absolute atomic E-state index is 0.0834. The first-order valence-electron chi connectivity index (χ1n) is 5.60. The molecule has 0 amide bonds. The van der Waals surface area contributed by atoms with Crippen LogP contribution in [0.2, 0.25) is 0 Å². The first kappa shape index (κ1) is 15.8. The van der Waals surface area contributed by atoms with Crippen molar-refractivity contribution in [1.82, 2.24) is 4.90 Å². The van der Waals surface area contributed by atoms with Gasteiger partial charge in [-0.1, -0.05) is 19.1 Å². The van der Waals surface area contributed by atoms with Crippen LogP contribution in [0.15, 0.2) is 18.2 Å². The Bertz CT molecular complexity index is 460. The van der Waals surface area contributed by atoms with Gasteiger partial charge in [0, 0.05) is 17.7 Å². The molecule has 0 bridgehead atoms. The maximum absolute atomic E-state index is 13.6. The summed E-state index contributed by atoms with van der Waals surface area (Å²) in [5.74, 6) is -0.569. The largest absolute Gasteiger partial charge is 0.401 e. The molecule has 0 aromatic heterocycles. The number of nitrogens with zero attached hydrogens (tertiary/aromatic N) is 1. The lowest BCUT2D eigenvalue weighted by atomic mass is 10.1. The number of benzene rings is 1. The van der Waals surface area contributed by atoms with Crippen LogP contribution in [0.25, 0.3) is 0 Å². The summed E-state index contributed by atoms with van der Waals surface area (Å²) in [6.45, 7) is 0.524. The van der Waals surface area contributed by atoms with Crippen LogP contribution in [0, 0.1) is 5.82 Å². The molecule has 0 heterocycles. The van der Waals surface area contributed by atoms with Crippen molar-refractivity contribution < 1.29 is 17.6 Å². The van der Waals surface area contributed by atoms with Gasteiger partial charge in [-0.15, -0.1) is 0 Å². The number of halogens is 4. The van der Waals surface area contributed by atoms with E-state index in [4.69, 9.17) is 18.0 Å². The number of hydrogen-bond donors (Lipinski definition) is 1. The predicted molar refractivity (Wildman–Crippen MR) is 69.3 cm³/mol. The van der Waals surface area contributed by atoms with Crippen LogP contribution < -0.4 is 5.73 Å². The highest BCUT2D eigenvalue weighted by atomic mass is 32.1.